The number of carbonyl (C=O) groups is 1. The molecule has 0 aliphatic carbocycles. The molecule has 10 heteroatoms. The number of hydrogen-bond donors (Lipinski definition) is 2. The van der Waals surface area contributed by atoms with Crippen LogP contribution in [0, 0.1) is 0 Å². The van der Waals surface area contributed by atoms with E-state index in [-0.39, 0.29) is 5.91 Å². The van der Waals surface area contributed by atoms with Crippen molar-refractivity contribution in [1.82, 2.24) is 29.8 Å². The van der Waals surface area contributed by atoms with Gasteiger partial charge in [0.25, 0.3) is 5.91 Å². The largest absolute Gasteiger partial charge is 0.338 e. The lowest BCUT2D eigenvalue weighted by Gasteiger charge is -2.34. The molecule has 0 radical (unpaired) electrons. The Balaban J connectivity index is 1.26. The maximum atomic E-state index is 12.7. The van der Waals surface area contributed by atoms with E-state index in [9.17, 15) is 4.79 Å². The number of carbonyl (C=O) groups excluding carboxylic acids is 1. The van der Waals surface area contributed by atoms with Gasteiger partial charge in [-0.2, -0.15) is 15.0 Å². The fourth-order valence-corrected chi connectivity index (χ4v) is 4.09. The second-order valence-electron chi connectivity index (χ2n) is 8.72. The standard InChI is InChI=1S/C27H29N9O/c1-2-23-31-26(32-24-18-21(10-13-29-24)25(37)30-22-6-4-3-5-7-22)34-27(33-23)36-16-14-35(15-17-36)19-20-8-11-28-12-9-20/h3-13,18H,2,14-17,19H2,1H3,(H,30,37)(H,29,31,32,33,34). The average Bonchev–Trinajstić information content (AvgIpc) is 2.94. The Labute approximate surface area is 215 Å². The van der Waals surface area contributed by atoms with Gasteiger partial charge in [0.1, 0.15) is 11.6 Å². The van der Waals surface area contributed by atoms with Gasteiger partial charge in [-0.05, 0) is 42.0 Å². The molecular formula is C27H29N9O. The summed E-state index contributed by atoms with van der Waals surface area (Å²) in [6.07, 6.45) is 5.93. The number of para-hydroxylation sites is 1. The molecule has 5 rings (SSSR count). The van der Waals surface area contributed by atoms with E-state index in [1.165, 1.54) is 5.56 Å². The van der Waals surface area contributed by atoms with Crippen LogP contribution in [-0.4, -0.2) is 61.9 Å². The smallest absolute Gasteiger partial charge is 0.255 e. The second kappa shape index (κ2) is 11.5. The lowest BCUT2D eigenvalue weighted by Crippen LogP contribution is -2.46. The molecule has 1 aliphatic rings. The first-order chi connectivity index (χ1) is 18.2. The zero-order valence-electron chi connectivity index (χ0n) is 20.7. The molecule has 3 aromatic heterocycles. The molecule has 0 atom stereocenters. The summed E-state index contributed by atoms with van der Waals surface area (Å²) in [4.78, 5) is 39.6. The van der Waals surface area contributed by atoms with Gasteiger partial charge < -0.3 is 15.5 Å². The lowest BCUT2D eigenvalue weighted by molar-refractivity contribution is 0.102. The van der Waals surface area contributed by atoms with Crippen molar-refractivity contribution >= 4 is 29.3 Å². The van der Waals surface area contributed by atoms with E-state index in [1.54, 1.807) is 18.3 Å². The van der Waals surface area contributed by atoms with E-state index in [0.717, 1.165) is 38.4 Å². The summed E-state index contributed by atoms with van der Waals surface area (Å²) in [7, 11) is 0. The van der Waals surface area contributed by atoms with Crippen LogP contribution >= 0.6 is 0 Å². The molecule has 0 saturated carbocycles. The van der Waals surface area contributed by atoms with Gasteiger partial charge in [-0.3, -0.25) is 14.7 Å². The lowest BCUT2D eigenvalue weighted by atomic mass is 10.2. The van der Waals surface area contributed by atoms with E-state index in [4.69, 9.17) is 0 Å². The van der Waals surface area contributed by atoms with Crippen LogP contribution in [0.25, 0.3) is 0 Å². The predicted molar refractivity (Wildman–Crippen MR) is 143 cm³/mol. The Morgan fingerprint density at radius 3 is 2.46 bits per heavy atom. The SMILES string of the molecule is CCc1nc(Nc2cc(C(=O)Nc3ccccc3)ccn2)nc(N2CCN(Cc3ccncc3)CC2)n1. The minimum Gasteiger partial charge on any atom is -0.338 e. The number of nitrogens with one attached hydrogen (secondary N) is 2. The summed E-state index contributed by atoms with van der Waals surface area (Å²) in [5.41, 5.74) is 2.47. The number of piperazine rings is 1. The maximum Gasteiger partial charge on any atom is 0.255 e. The van der Waals surface area contributed by atoms with Gasteiger partial charge in [0.2, 0.25) is 11.9 Å². The Bertz CT molecular complexity index is 1330. The molecule has 10 nitrogen and oxygen atoms in total. The Morgan fingerprint density at radius 1 is 0.919 bits per heavy atom. The van der Waals surface area contributed by atoms with Crippen molar-refractivity contribution in [3.05, 3.63) is 90.1 Å². The molecule has 0 unspecified atom stereocenters. The summed E-state index contributed by atoms with van der Waals surface area (Å²) in [6, 6.07) is 16.8. The number of rotatable bonds is 8. The van der Waals surface area contributed by atoms with Crippen LogP contribution in [0.3, 0.4) is 0 Å². The number of pyridine rings is 2. The highest BCUT2D eigenvalue weighted by molar-refractivity contribution is 6.04. The van der Waals surface area contributed by atoms with E-state index < -0.39 is 0 Å². The number of hydrogen-bond acceptors (Lipinski definition) is 9. The van der Waals surface area contributed by atoms with Crippen LogP contribution in [0.15, 0.2) is 73.2 Å². The van der Waals surface area contributed by atoms with Gasteiger partial charge >= 0.3 is 0 Å². The third kappa shape index (κ3) is 6.42. The van der Waals surface area contributed by atoms with Crippen molar-refractivity contribution in [2.75, 3.05) is 41.7 Å². The molecule has 1 aromatic carbocycles. The van der Waals surface area contributed by atoms with Crippen LogP contribution in [0.4, 0.5) is 23.4 Å². The highest BCUT2D eigenvalue weighted by Gasteiger charge is 2.21. The van der Waals surface area contributed by atoms with Gasteiger partial charge in [-0.25, -0.2) is 4.98 Å². The van der Waals surface area contributed by atoms with Crippen LogP contribution in [0.5, 0.6) is 0 Å². The van der Waals surface area contributed by atoms with Crippen LogP contribution in [-0.2, 0) is 13.0 Å². The molecule has 1 saturated heterocycles. The van der Waals surface area contributed by atoms with Crippen molar-refractivity contribution in [3.63, 3.8) is 0 Å². The van der Waals surface area contributed by atoms with Gasteiger partial charge in [0.05, 0.1) is 0 Å². The number of aromatic nitrogens is 5. The molecule has 188 valence electrons. The van der Waals surface area contributed by atoms with Crippen LogP contribution in [0.1, 0.15) is 28.7 Å². The molecule has 37 heavy (non-hydrogen) atoms. The molecular weight excluding hydrogens is 466 g/mol. The number of nitrogens with zero attached hydrogens (tertiary/aromatic N) is 7. The van der Waals surface area contributed by atoms with Crippen molar-refractivity contribution in [2.24, 2.45) is 0 Å². The highest BCUT2D eigenvalue weighted by atomic mass is 16.1. The topological polar surface area (TPSA) is 112 Å². The first kappa shape index (κ1) is 24.3. The summed E-state index contributed by atoms with van der Waals surface area (Å²) in [5.74, 6) is 2.03. The first-order valence-electron chi connectivity index (χ1n) is 12.4. The second-order valence-corrected chi connectivity index (χ2v) is 8.72. The molecule has 0 bridgehead atoms. The Kier molecular flexibility index (Phi) is 7.56. The third-order valence-corrected chi connectivity index (χ3v) is 6.09. The van der Waals surface area contributed by atoms with Crippen LogP contribution < -0.4 is 15.5 Å². The van der Waals surface area contributed by atoms with E-state index in [1.807, 2.05) is 49.6 Å². The normalized spacial score (nSPS) is 13.8. The van der Waals surface area contributed by atoms with E-state index in [0.29, 0.717) is 35.5 Å². The number of aryl methyl sites for hydroxylation is 1. The Hall–Kier alpha value is -4.44. The number of benzene rings is 1. The highest BCUT2D eigenvalue weighted by Crippen LogP contribution is 2.19. The van der Waals surface area contributed by atoms with Gasteiger partial charge in [-0.1, -0.05) is 25.1 Å². The summed E-state index contributed by atoms with van der Waals surface area (Å²) < 4.78 is 0. The van der Waals surface area contributed by atoms with Crippen molar-refractivity contribution in [3.8, 4) is 0 Å². The molecule has 4 heterocycles. The average molecular weight is 496 g/mol. The summed E-state index contributed by atoms with van der Waals surface area (Å²) in [6.45, 7) is 6.40. The quantitative estimate of drug-likeness (QED) is 0.379. The fourth-order valence-electron chi connectivity index (χ4n) is 4.09. The molecule has 1 fully saturated rings. The predicted octanol–water partition coefficient (Wildman–Crippen LogP) is 3.54. The minimum absolute atomic E-state index is 0.216. The first-order valence-corrected chi connectivity index (χ1v) is 12.4. The summed E-state index contributed by atoms with van der Waals surface area (Å²) >= 11 is 0. The van der Waals surface area contributed by atoms with Gasteiger partial charge in [0, 0.05) is 69.0 Å². The van der Waals surface area contributed by atoms with E-state index in [2.05, 4.69) is 57.5 Å². The van der Waals surface area contributed by atoms with Crippen molar-refractivity contribution < 1.29 is 4.79 Å². The zero-order chi connectivity index (χ0) is 25.5. The van der Waals surface area contributed by atoms with Crippen molar-refractivity contribution in [2.45, 2.75) is 19.9 Å². The molecule has 1 amide bonds. The fraction of sp³-hybridized carbons (Fsp3) is 0.259. The zero-order valence-corrected chi connectivity index (χ0v) is 20.7. The molecule has 1 aliphatic heterocycles. The molecule has 4 aromatic rings. The van der Waals surface area contributed by atoms with Crippen LogP contribution in [0.2, 0.25) is 0 Å². The maximum absolute atomic E-state index is 12.7. The Morgan fingerprint density at radius 2 is 1.70 bits per heavy atom. The number of amides is 1. The van der Waals surface area contributed by atoms with Gasteiger partial charge in [0.15, 0.2) is 0 Å². The monoisotopic (exact) mass is 495 g/mol. The third-order valence-electron chi connectivity index (χ3n) is 6.09. The number of anilines is 4. The summed E-state index contributed by atoms with van der Waals surface area (Å²) in [5, 5.41) is 6.05. The molecule has 2 N–H and O–H groups in total. The molecule has 0 spiro atoms. The minimum atomic E-state index is -0.216. The van der Waals surface area contributed by atoms with Crippen molar-refractivity contribution in [1.29, 1.82) is 0 Å². The van der Waals surface area contributed by atoms with E-state index >= 15 is 0 Å². The van der Waals surface area contributed by atoms with Gasteiger partial charge in [-0.15, -0.1) is 0 Å².